The Labute approximate surface area is 157 Å². The number of benzene rings is 1. The fourth-order valence-electron chi connectivity index (χ4n) is 2.58. The Morgan fingerprint density at radius 1 is 1.26 bits per heavy atom. The number of hydrogen-bond donors (Lipinski definition) is 1. The third kappa shape index (κ3) is 3.56. The molecule has 0 aliphatic heterocycles. The molecule has 0 aliphatic rings. The summed E-state index contributed by atoms with van der Waals surface area (Å²) in [7, 11) is 0. The van der Waals surface area contributed by atoms with E-state index in [1.165, 1.54) is 22.9 Å². The van der Waals surface area contributed by atoms with Crippen molar-refractivity contribution in [1.82, 2.24) is 9.13 Å². The Hall–Kier alpha value is -3.13. The third-order valence-corrected chi connectivity index (χ3v) is 4.24. The van der Waals surface area contributed by atoms with E-state index in [2.05, 4.69) is 0 Å². The number of amides is 1. The van der Waals surface area contributed by atoms with Crippen molar-refractivity contribution in [3.05, 3.63) is 80.9 Å². The van der Waals surface area contributed by atoms with E-state index in [0.29, 0.717) is 5.69 Å². The number of aryl methyl sites for hydroxylation is 1. The second-order valence-corrected chi connectivity index (χ2v) is 6.08. The van der Waals surface area contributed by atoms with Crippen molar-refractivity contribution in [1.29, 1.82) is 0 Å². The van der Waals surface area contributed by atoms with Crippen LogP contribution in [-0.2, 0) is 6.61 Å². The molecular formula is C18H14ClF2N3O3. The number of nitrogens with zero attached hydrogens (tertiary/aromatic N) is 2. The molecule has 27 heavy (non-hydrogen) atoms. The van der Waals surface area contributed by atoms with Gasteiger partial charge in [-0.1, -0.05) is 17.7 Å². The molecule has 1 aromatic carbocycles. The number of aromatic nitrogens is 2. The highest BCUT2D eigenvalue weighted by Crippen LogP contribution is 2.33. The molecule has 3 rings (SSSR count). The summed E-state index contributed by atoms with van der Waals surface area (Å²) in [5.74, 6) is -1.46. The molecule has 6 nitrogen and oxygen atoms in total. The van der Waals surface area contributed by atoms with E-state index in [4.69, 9.17) is 22.1 Å². The summed E-state index contributed by atoms with van der Waals surface area (Å²) in [4.78, 5) is 24.0. The highest BCUT2D eigenvalue weighted by Gasteiger charge is 2.22. The SMILES string of the molecule is Cc1cccc(=O)n1-c1c(Cl)c(OCc2ccc(F)cc2F)cn1C(N)=O. The van der Waals surface area contributed by atoms with Gasteiger partial charge in [-0.05, 0) is 25.1 Å². The number of pyridine rings is 1. The predicted molar refractivity (Wildman–Crippen MR) is 95.4 cm³/mol. The van der Waals surface area contributed by atoms with Crippen LogP contribution in [0, 0.1) is 18.6 Å². The molecule has 140 valence electrons. The van der Waals surface area contributed by atoms with Gasteiger partial charge in [0.05, 0.1) is 6.20 Å². The number of primary amides is 1. The Kier molecular flexibility index (Phi) is 5.00. The van der Waals surface area contributed by atoms with Crippen LogP contribution in [0.2, 0.25) is 5.02 Å². The number of carbonyl (C=O) groups excluding carboxylic acids is 1. The van der Waals surface area contributed by atoms with Crippen LogP contribution >= 0.6 is 11.6 Å². The molecule has 2 N–H and O–H groups in total. The van der Waals surface area contributed by atoms with Crippen LogP contribution in [0.15, 0.2) is 47.4 Å². The molecule has 0 saturated carbocycles. The van der Waals surface area contributed by atoms with Crippen molar-refractivity contribution < 1.29 is 18.3 Å². The molecule has 1 amide bonds. The minimum atomic E-state index is -0.884. The zero-order valence-corrected chi connectivity index (χ0v) is 14.8. The number of nitrogens with two attached hydrogens (primary N) is 1. The maximum Gasteiger partial charge on any atom is 0.324 e. The van der Waals surface area contributed by atoms with Gasteiger partial charge in [0.2, 0.25) is 0 Å². The summed E-state index contributed by atoms with van der Waals surface area (Å²) in [6.07, 6.45) is 1.21. The molecule has 9 heteroatoms. The van der Waals surface area contributed by atoms with Crippen molar-refractivity contribution in [2.24, 2.45) is 5.73 Å². The standard InChI is InChI=1S/C18H14ClF2N3O3/c1-10-3-2-4-15(25)24(10)17-16(19)14(8-23(17)18(22)26)27-9-11-5-6-12(20)7-13(11)21/h2-8H,9H2,1H3,(H2,22,26). The van der Waals surface area contributed by atoms with Crippen LogP contribution < -0.4 is 16.0 Å². The van der Waals surface area contributed by atoms with Crippen molar-refractivity contribution in [3.63, 3.8) is 0 Å². The van der Waals surface area contributed by atoms with Gasteiger partial charge < -0.3 is 10.5 Å². The van der Waals surface area contributed by atoms with Crippen LogP contribution in [0.25, 0.3) is 5.82 Å². The fourth-order valence-corrected chi connectivity index (χ4v) is 2.86. The highest BCUT2D eigenvalue weighted by atomic mass is 35.5. The lowest BCUT2D eigenvalue weighted by Crippen LogP contribution is -2.27. The molecule has 0 unspecified atom stereocenters. The molecule has 0 bridgehead atoms. The molecule has 0 radical (unpaired) electrons. The van der Waals surface area contributed by atoms with Gasteiger partial charge in [0.25, 0.3) is 5.56 Å². The van der Waals surface area contributed by atoms with Crippen LogP contribution in [-0.4, -0.2) is 15.2 Å². The van der Waals surface area contributed by atoms with Crippen molar-refractivity contribution in [2.45, 2.75) is 13.5 Å². The van der Waals surface area contributed by atoms with E-state index in [1.54, 1.807) is 19.1 Å². The minimum absolute atomic E-state index is 0.0156. The van der Waals surface area contributed by atoms with E-state index in [1.807, 2.05) is 0 Å². The van der Waals surface area contributed by atoms with Crippen molar-refractivity contribution >= 4 is 17.6 Å². The van der Waals surface area contributed by atoms with Crippen LogP contribution in [0.5, 0.6) is 5.75 Å². The van der Waals surface area contributed by atoms with Gasteiger partial charge in [0, 0.05) is 23.4 Å². The number of rotatable bonds is 4. The van der Waals surface area contributed by atoms with Gasteiger partial charge in [-0.25, -0.2) is 18.1 Å². The van der Waals surface area contributed by atoms with Gasteiger partial charge in [-0.2, -0.15) is 0 Å². The topological polar surface area (TPSA) is 79.2 Å². The monoisotopic (exact) mass is 393 g/mol. The average molecular weight is 394 g/mol. The predicted octanol–water partition coefficient (Wildman–Crippen LogP) is 3.38. The summed E-state index contributed by atoms with van der Waals surface area (Å²) in [5.41, 5.74) is 5.56. The smallest absolute Gasteiger partial charge is 0.324 e. The summed E-state index contributed by atoms with van der Waals surface area (Å²) in [6.45, 7) is 1.39. The zero-order valence-electron chi connectivity index (χ0n) is 14.1. The first-order valence-electron chi connectivity index (χ1n) is 7.76. The van der Waals surface area contributed by atoms with Crippen LogP contribution in [0.4, 0.5) is 13.6 Å². The van der Waals surface area contributed by atoms with Crippen molar-refractivity contribution in [2.75, 3.05) is 0 Å². The number of hydrogen-bond acceptors (Lipinski definition) is 3. The molecular weight excluding hydrogens is 380 g/mol. The largest absolute Gasteiger partial charge is 0.486 e. The summed E-state index contributed by atoms with van der Waals surface area (Å²) in [5, 5.41) is -0.0484. The first-order valence-corrected chi connectivity index (χ1v) is 8.14. The lowest BCUT2D eigenvalue weighted by molar-refractivity contribution is 0.249. The lowest BCUT2D eigenvalue weighted by Gasteiger charge is -2.11. The molecule has 3 aromatic rings. The fraction of sp³-hybridized carbons (Fsp3) is 0.111. The lowest BCUT2D eigenvalue weighted by atomic mass is 10.2. The average Bonchev–Trinajstić information content (AvgIpc) is 2.91. The van der Waals surface area contributed by atoms with Gasteiger partial charge in [-0.15, -0.1) is 0 Å². The number of carbonyl (C=O) groups is 1. The first-order chi connectivity index (χ1) is 12.8. The first kappa shape index (κ1) is 18.7. The third-order valence-electron chi connectivity index (χ3n) is 3.88. The van der Waals surface area contributed by atoms with Gasteiger partial charge in [0.15, 0.2) is 11.6 Å². The van der Waals surface area contributed by atoms with E-state index in [0.717, 1.165) is 16.7 Å². The Bertz CT molecular complexity index is 1090. The quantitative estimate of drug-likeness (QED) is 0.738. The Morgan fingerprint density at radius 2 is 2.00 bits per heavy atom. The number of ether oxygens (including phenoxy) is 1. The summed E-state index contributed by atoms with van der Waals surface area (Å²) >= 11 is 6.32. The van der Waals surface area contributed by atoms with E-state index in [-0.39, 0.29) is 28.8 Å². The second kappa shape index (κ2) is 7.24. The maximum atomic E-state index is 13.8. The normalized spacial score (nSPS) is 10.8. The van der Waals surface area contributed by atoms with Crippen LogP contribution in [0.3, 0.4) is 0 Å². The second-order valence-electron chi connectivity index (χ2n) is 5.70. The van der Waals surface area contributed by atoms with Crippen molar-refractivity contribution in [3.8, 4) is 11.6 Å². The summed E-state index contributed by atoms with van der Waals surface area (Å²) in [6, 6.07) is 6.69. The van der Waals surface area contributed by atoms with Crippen LogP contribution in [0.1, 0.15) is 11.3 Å². The van der Waals surface area contributed by atoms with E-state index < -0.39 is 23.2 Å². The minimum Gasteiger partial charge on any atom is -0.486 e. The molecule has 0 fully saturated rings. The highest BCUT2D eigenvalue weighted by molar-refractivity contribution is 6.34. The van der Waals surface area contributed by atoms with E-state index in [9.17, 15) is 18.4 Å². The zero-order chi connectivity index (χ0) is 19.7. The molecule has 2 heterocycles. The Morgan fingerprint density at radius 3 is 2.63 bits per heavy atom. The van der Waals surface area contributed by atoms with Gasteiger partial charge in [0.1, 0.15) is 23.3 Å². The molecule has 0 aliphatic carbocycles. The molecule has 0 saturated heterocycles. The molecule has 2 aromatic heterocycles. The summed E-state index contributed by atoms with van der Waals surface area (Å²) < 4.78 is 34.4. The Balaban J connectivity index is 2.03. The van der Waals surface area contributed by atoms with Gasteiger partial charge >= 0.3 is 6.03 Å². The molecule has 0 atom stereocenters. The van der Waals surface area contributed by atoms with E-state index >= 15 is 0 Å². The molecule has 0 spiro atoms. The number of halogens is 3. The van der Waals surface area contributed by atoms with Gasteiger partial charge in [-0.3, -0.25) is 9.36 Å². The maximum absolute atomic E-state index is 13.8.